The lowest BCUT2D eigenvalue weighted by atomic mass is 10.1. The number of nitriles is 1. The number of aryl methyl sites for hydroxylation is 2. The van der Waals surface area contributed by atoms with Crippen LogP contribution in [0, 0.1) is 18.3 Å². The number of halogens is 1. The maximum absolute atomic E-state index is 8.97. The molecule has 0 aliphatic heterocycles. The monoisotopic (exact) mass is 204 g/mol. The molecule has 0 radical (unpaired) electrons. The van der Waals surface area contributed by atoms with Crippen LogP contribution in [0.25, 0.3) is 10.9 Å². The van der Waals surface area contributed by atoms with E-state index in [9.17, 15) is 0 Å². The molecule has 1 aromatic heterocycles. The molecule has 0 aliphatic carbocycles. The summed E-state index contributed by atoms with van der Waals surface area (Å²) >= 11 is 5.90. The second-order valence-corrected chi connectivity index (χ2v) is 3.74. The molecule has 14 heavy (non-hydrogen) atoms. The fourth-order valence-corrected chi connectivity index (χ4v) is 1.92. The van der Waals surface area contributed by atoms with E-state index in [0.29, 0.717) is 10.7 Å². The van der Waals surface area contributed by atoms with E-state index in [1.54, 1.807) is 0 Å². The molecular formula is C11H9ClN2. The molecule has 0 bridgehead atoms. The van der Waals surface area contributed by atoms with E-state index in [0.717, 1.165) is 16.5 Å². The van der Waals surface area contributed by atoms with Gasteiger partial charge in [-0.1, -0.05) is 17.7 Å². The van der Waals surface area contributed by atoms with Crippen LogP contribution < -0.4 is 0 Å². The fourth-order valence-electron chi connectivity index (χ4n) is 1.76. The highest BCUT2D eigenvalue weighted by molar-refractivity contribution is 6.31. The van der Waals surface area contributed by atoms with Gasteiger partial charge in [0.05, 0.1) is 5.52 Å². The zero-order chi connectivity index (χ0) is 10.3. The molecule has 0 saturated carbocycles. The smallest absolute Gasteiger partial charge is 0.123 e. The minimum absolute atomic E-state index is 0.697. The van der Waals surface area contributed by atoms with Gasteiger partial charge in [0.1, 0.15) is 11.8 Å². The summed E-state index contributed by atoms with van der Waals surface area (Å²) in [5, 5.41) is 10.8. The molecule has 0 unspecified atom stereocenters. The van der Waals surface area contributed by atoms with Crippen molar-refractivity contribution in [2.45, 2.75) is 6.92 Å². The summed E-state index contributed by atoms with van der Waals surface area (Å²) in [6.07, 6.45) is 0. The quantitative estimate of drug-likeness (QED) is 0.649. The third-order valence-electron chi connectivity index (χ3n) is 2.52. The van der Waals surface area contributed by atoms with Crippen molar-refractivity contribution in [2.75, 3.05) is 0 Å². The van der Waals surface area contributed by atoms with Gasteiger partial charge in [0.25, 0.3) is 0 Å². The zero-order valence-electron chi connectivity index (χ0n) is 8.00. The van der Waals surface area contributed by atoms with Gasteiger partial charge in [0.15, 0.2) is 0 Å². The first-order valence-electron chi connectivity index (χ1n) is 4.30. The van der Waals surface area contributed by atoms with Gasteiger partial charge >= 0.3 is 0 Å². The number of fused-ring (bicyclic) bond motifs is 1. The Morgan fingerprint density at radius 2 is 2.14 bits per heavy atom. The normalized spacial score (nSPS) is 10.4. The molecule has 0 aliphatic rings. The molecule has 2 nitrogen and oxygen atoms in total. The number of hydrogen-bond donors (Lipinski definition) is 0. The Kier molecular flexibility index (Phi) is 1.98. The van der Waals surface area contributed by atoms with Gasteiger partial charge in [-0.25, -0.2) is 0 Å². The van der Waals surface area contributed by atoms with E-state index in [1.165, 1.54) is 0 Å². The van der Waals surface area contributed by atoms with Crippen molar-refractivity contribution in [3.8, 4) is 6.07 Å². The standard InChI is InChI=1S/C11H9ClN2/c1-7-9-4-3-8(12)5-10(9)14(2)11(7)6-13/h3-5H,1-2H3. The summed E-state index contributed by atoms with van der Waals surface area (Å²) in [7, 11) is 1.88. The minimum atomic E-state index is 0.697. The molecular weight excluding hydrogens is 196 g/mol. The topological polar surface area (TPSA) is 28.7 Å². The van der Waals surface area contributed by atoms with Gasteiger partial charge in [-0.15, -0.1) is 0 Å². The molecule has 2 rings (SSSR count). The van der Waals surface area contributed by atoms with Crippen molar-refractivity contribution in [3.63, 3.8) is 0 Å². The molecule has 0 atom stereocenters. The molecule has 0 saturated heterocycles. The summed E-state index contributed by atoms with van der Waals surface area (Å²) in [6.45, 7) is 1.95. The molecule has 70 valence electrons. The van der Waals surface area contributed by atoms with Gasteiger partial charge in [-0.3, -0.25) is 0 Å². The number of rotatable bonds is 0. The second-order valence-electron chi connectivity index (χ2n) is 3.31. The van der Waals surface area contributed by atoms with Crippen molar-refractivity contribution in [2.24, 2.45) is 7.05 Å². The minimum Gasteiger partial charge on any atom is -0.335 e. The Balaban J connectivity index is 2.96. The number of benzene rings is 1. The number of nitrogens with zero attached hydrogens (tertiary/aromatic N) is 2. The Morgan fingerprint density at radius 1 is 1.43 bits per heavy atom. The van der Waals surface area contributed by atoms with Gasteiger partial charge in [-0.05, 0) is 24.6 Å². The predicted octanol–water partition coefficient (Wildman–Crippen LogP) is 3.01. The molecule has 1 heterocycles. The first-order chi connectivity index (χ1) is 6.65. The molecule has 0 N–H and O–H groups in total. The SMILES string of the molecule is Cc1c(C#N)n(C)c2cc(Cl)ccc12. The Morgan fingerprint density at radius 3 is 2.79 bits per heavy atom. The highest BCUT2D eigenvalue weighted by Gasteiger charge is 2.10. The van der Waals surface area contributed by atoms with Crippen LogP contribution in [0.2, 0.25) is 5.02 Å². The Hall–Kier alpha value is -1.46. The van der Waals surface area contributed by atoms with Gasteiger partial charge < -0.3 is 4.57 Å². The third kappa shape index (κ3) is 1.10. The largest absolute Gasteiger partial charge is 0.335 e. The second kappa shape index (κ2) is 3.04. The van der Waals surface area contributed by atoms with Gasteiger partial charge in [0, 0.05) is 17.5 Å². The molecule has 0 spiro atoms. The summed E-state index contributed by atoms with van der Waals surface area (Å²) in [5.74, 6) is 0. The molecule has 3 heteroatoms. The lowest BCUT2D eigenvalue weighted by Gasteiger charge is -1.96. The van der Waals surface area contributed by atoms with Crippen molar-refractivity contribution < 1.29 is 0 Å². The first kappa shape index (κ1) is 9.11. The van der Waals surface area contributed by atoms with Crippen LogP contribution in [0.3, 0.4) is 0 Å². The van der Waals surface area contributed by atoms with E-state index in [2.05, 4.69) is 6.07 Å². The lowest BCUT2D eigenvalue weighted by Crippen LogP contribution is -1.91. The average Bonchev–Trinajstić information content (AvgIpc) is 2.39. The first-order valence-corrected chi connectivity index (χ1v) is 4.67. The fraction of sp³-hybridized carbons (Fsp3) is 0.182. The van der Waals surface area contributed by atoms with Gasteiger partial charge in [0.2, 0.25) is 0 Å². The third-order valence-corrected chi connectivity index (χ3v) is 2.76. The Bertz CT molecular complexity index is 546. The van der Waals surface area contributed by atoms with Crippen LogP contribution in [0.15, 0.2) is 18.2 Å². The average molecular weight is 205 g/mol. The van der Waals surface area contributed by atoms with Gasteiger partial charge in [-0.2, -0.15) is 5.26 Å². The number of aromatic nitrogens is 1. The predicted molar refractivity (Wildman–Crippen MR) is 57.4 cm³/mol. The summed E-state index contributed by atoms with van der Waals surface area (Å²) in [5.41, 5.74) is 2.72. The van der Waals surface area contributed by atoms with Crippen LogP contribution in [0.1, 0.15) is 11.3 Å². The van der Waals surface area contributed by atoms with Crippen molar-refractivity contribution >= 4 is 22.5 Å². The highest BCUT2D eigenvalue weighted by atomic mass is 35.5. The van der Waals surface area contributed by atoms with E-state index < -0.39 is 0 Å². The van der Waals surface area contributed by atoms with E-state index in [1.807, 2.05) is 36.7 Å². The summed E-state index contributed by atoms with van der Waals surface area (Å²) in [6, 6.07) is 7.87. The lowest BCUT2D eigenvalue weighted by molar-refractivity contribution is 0.941. The van der Waals surface area contributed by atoms with Crippen molar-refractivity contribution in [3.05, 3.63) is 34.5 Å². The molecule has 0 amide bonds. The number of hydrogen-bond acceptors (Lipinski definition) is 1. The molecule has 1 aromatic carbocycles. The molecule has 0 fully saturated rings. The van der Waals surface area contributed by atoms with Crippen LogP contribution in [-0.2, 0) is 7.05 Å². The zero-order valence-corrected chi connectivity index (χ0v) is 8.76. The van der Waals surface area contributed by atoms with Crippen LogP contribution in [0.4, 0.5) is 0 Å². The summed E-state index contributed by atoms with van der Waals surface area (Å²) < 4.78 is 1.87. The maximum Gasteiger partial charge on any atom is 0.123 e. The molecule has 2 aromatic rings. The van der Waals surface area contributed by atoms with E-state index >= 15 is 0 Å². The summed E-state index contributed by atoms with van der Waals surface area (Å²) in [4.78, 5) is 0. The van der Waals surface area contributed by atoms with Crippen molar-refractivity contribution in [1.82, 2.24) is 4.57 Å². The van der Waals surface area contributed by atoms with Crippen LogP contribution >= 0.6 is 11.6 Å². The van der Waals surface area contributed by atoms with Crippen LogP contribution in [-0.4, -0.2) is 4.57 Å². The van der Waals surface area contributed by atoms with E-state index in [4.69, 9.17) is 16.9 Å². The van der Waals surface area contributed by atoms with E-state index in [-0.39, 0.29) is 0 Å². The maximum atomic E-state index is 8.97. The van der Waals surface area contributed by atoms with Crippen LogP contribution in [0.5, 0.6) is 0 Å². The van der Waals surface area contributed by atoms with Crippen molar-refractivity contribution in [1.29, 1.82) is 5.26 Å². The Labute approximate surface area is 87.3 Å². The highest BCUT2D eigenvalue weighted by Crippen LogP contribution is 2.26.